The van der Waals surface area contributed by atoms with Gasteiger partial charge in [-0.15, -0.1) is 11.3 Å². The van der Waals surface area contributed by atoms with Crippen LogP contribution in [-0.4, -0.2) is 0 Å². The number of hydrogen-bond acceptors (Lipinski definition) is 3. The Bertz CT molecular complexity index is 2930. The highest BCUT2D eigenvalue weighted by Crippen LogP contribution is 2.58. The van der Waals surface area contributed by atoms with E-state index < -0.39 is 5.41 Å². The molecular weight excluding hydrogens is 651 g/mol. The van der Waals surface area contributed by atoms with E-state index >= 15 is 0 Å². The number of nitrogens with zero attached hydrogens (tertiary/aromatic N) is 1. The Morgan fingerprint density at radius 3 is 1.88 bits per heavy atom. The molecule has 244 valence electrons. The second kappa shape index (κ2) is 11.3. The highest BCUT2D eigenvalue weighted by molar-refractivity contribution is 7.26. The summed E-state index contributed by atoms with van der Waals surface area (Å²) in [5.74, 6) is 0. The number of rotatable bonds is 5. The van der Waals surface area contributed by atoms with E-state index in [0.717, 1.165) is 39.0 Å². The molecule has 3 heteroatoms. The lowest BCUT2D eigenvalue weighted by Crippen LogP contribution is -2.28. The second-order valence-corrected chi connectivity index (χ2v) is 14.6. The van der Waals surface area contributed by atoms with Gasteiger partial charge in [0.2, 0.25) is 0 Å². The fourth-order valence-electron chi connectivity index (χ4n) is 8.83. The van der Waals surface area contributed by atoms with Crippen molar-refractivity contribution >= 4 is 70.5 Å². The summed E-state index contributed by atoms with van der Waals surface area (Å²) < 4.78 is 9.02. The second-order valence-electron chi connectivity index (χ2n) is 13.6. The van der Waals surface area contributed by atoms with Crippen LogP contribution >= 0.6 is 11.3 Å². The van der Waals surface area contributed by atoms with E-state index in [1.54, 1.807) is 0 Å². The summed E-state index contributed by atoms with van der Waals surface area (Å²) in [5.41, 5.74) is 12.3. The molecule has 11 rings (SSSR count). The zero-order chi connectivity index (χ0) is 34.2. The summed E-state index contributed by atoms with van der Waals surface area (Å²) in [4.78, 5) is 2.47. The van der Waals surface area contributed by atoms with E-state index in [1.807, 2.05) is 17.4 Å². The summed E-state index contributed by atoms with van der Waals surface area (Å²) in [6, 6.07) is 68.5. The number of thiophene rings is 1. The van der Waals surface area contributed by atoms with Crippen molar-refractivity contribution in [2.75, 3.05) is 4.90 Å². The molecule has 0 atom stereocenters. The molecule has 0 amide bonds. The summed E-state index contributed by atoms with van der Waals surface area (Å²) in [7, 11) is 0. The van der Waals surface area contributed by atoms with Crippen molar-refractivity contribution in [3.63, 3.8) is 0 Å². The lowest BCUT2D eigenvalue weighted by atomic mass is 9.68. The van der Waals surface area contributed by atoms with E-state index in [0.29, 0.717) is 0 Å². The maximum atomic E-state index is 6.47. The fraction of sp³-hybridized carbons (Fsp3) is 0.0204. The van der Waals surface area contributed by atoms with Gasteiger partial charge in [-0.3, -0.25) is 0 Å². The van der Waals surface area contributed by atoms with Crippen LogP contribution in [0.3, 0.4) is 0 Å². The van der Waals surface area contributed by atoms with Gasteiger partial charge in [-0.1, -0.05) is 146 Å². The smallest absolute Gasteiger partial charge is 0.137 e. The maximum Gasteiger partial charge on any atom is 0.137 e. The molecule has 1 aliphatic rings. The van der Waals surface area contributed by atoms with Crippen LogP contribution in [0.25, 0.3) is 53.2 Å². The molecule has 0 N–H and O–H groups in total. The Kier molecular flexibility index (Phi) is 6.37. The molecule has 0 saturated heterocycles. The van der Waals surface area contributed by atoms with Crippen LogP contribution in [0.5, 0.6) is 0 Å². The first-order chi connectivity index (χ1) is 25.8. The quantitative estimate of drug-likeness (QED) is 0.180. The van der Waals surface area contributed by atoms with E-state index in [-0.39, 0.29) is 0 Å². The number of benzene rings is 8. The Hall–Kier alpha value is -6.42. The molecule has 0 aliphatic heterocycles. The Morgan fingerprint density at radius 1 is 0.442 bits per heavy atom. The molecule has 10 aromatic rings. The van der Waals surface area contributed by atoms with Crippen molar-refractivity contribution in [1.29, 1.82) is 0 Å². The minimum Gasteiger partial charge on any atom is -0.456 e. The van der Waals surface area contributed by atoms with E-state index in [2.05, 4.69) is 187 Å². The van der Waals surface area contributed by atoms with E-state index in [1.165, 1.54) is 53.6 Å². The lowest BCUT2D eigenvalue weighted by Gasteiger charge is -2.34. The highest BCUT2D eigenvalue weighted by Gasteiger charge is 2.46. The predicted molar refractivity (Wildman–Crippen MR) is 219 cm³/mol. The summed E-state index contributed by atoms with van der Waals surface area (Å²) in [6.07, 6.45) is 0. The number of hydrogen-bond donors (Lipinski definition) is 0. The van der Waals surface area contributed by atoms with Gasteiger partial charge in [0, 0.05) is 26.5 Å². The van der Waals surface area contributed by atoms with Gasteiger partial charge >= 0.3 is 0 Å². The predicted octanol–water partition coefficient (Wildman–Crippen LogP) is 13.8. The molecule has 0 saturated carbocycles. The highest BCUT2D eigenvalue weighted by atomic mass is 32.1. The average Bonchev–Trinajstić information content (AvgIpc) is 3.88. The Morgan fingerprint density at radius 2 is 1.06 bits per heavy atom. The van der Waals surface area contributed by atoms with Crippen LogP contribution in [0.4, 0.5) is 17.1 Å². The van der Waals surface area contributed by atoms with Crippen LogP contribution in [0.1, 0.15) is 22.3 Å². The third-order valence-electron chi connectivity index (χ3n) is 10.9. The summed E-state index contributed by atoms with van der Waals surface area (Å²) in [6.45, 7) is 0. The van der Waals surface area contributed by atoms with Crippen LogP contribution in [-0.2, 0) is 5.41 Å². The average molecular weight is 682 g/mol. The first-order valence-corrected chi connectivity index (χ1v) is 18.6. The number of furan rings is 1. The maximum absolute atomic E-state index is 6.47. The minimum atomic E-state index is -0.454. The monoisotopic (exact) mass is 681 g/mol. The van der Waals surface area contributed by atoms with Gasteiger partial charge < -0.3 is 9.32 Å². The molecule has 0 spiro atoms. The number of anilines is 3. The van der Waals surface area contributed by atoms with Gasteiger partial charge in [0.05, 0.1) is 26.9 Å². The Labute approximate surface area is 305 Å². The molecule has 1 aliphatic carbocycles. The van der Waals surface area contributed by atoms with E-state index in [9.17, 15) is 0 Å². The van der Waals surface area contributed by atoms with Crippen molar-refractivity contribution in [1.82, 2.24) is 0 Å². The normalized spacial score (nSPS) is 13.2. The largest absolute Gasteiger partial charge is 0.456 e. The SMILES string of the molecule is c1ccc(C2(c3ccccc3)c3ccccc3-c3cc(N(c4cccc5c4sc4ccccc45)c4cccc5oc6ccccc6c45)ccc32)cc1. The van der Waals surface area contributed by atoms with Gasteiger partial charge in [0.15, 0.2) is 0 Å². The molecule has 8 aromatic carbocycles. The Balaban J connectivity index is 1.24. The van der Waals surface area contributed by atoms with Crippen LogP contribution < -0.4 is 4.90 Å². The minimum absolute atomic E-state index is 0.454. The lowest BCUT2D eigenvalue weighted by molar-refractivity contribution is 0.669. The third kappa shape index (κ3) is 4.06. The molecule has 0 fully saturated rings. The molecular formula is C49H31NOS. The number of para-hydroxylation sites is 1. The topological polar surface area (TPSA) is 16.4 Å². The van der Waals surface area contributed by atoms with E-state index in [4.69, 9.17) is 4.42 Å². The number of fused-ring (bicyclic) bond motifs is 9. The summed E-state index contributed by atoms with van der Waals surface area (Å²) in [5, 5.41) is 4.78. The van der Waals surface area contributed by atoms with Gasteiger partial charge in [0.1, 0.15) is 11.2 Å². The molecule has 2 aromatic heterocycles. The standard InChI is InChI=1S/C49H31NOS/c1-3-15-32(16-4-1)49(33-17-5-2-6-18-33)40-23-10-7-19-35(40)39-31-34(29-30-41(39)49)50(42-24-14-27-45-47(42)38-21-8-11-26-44(38)51-45)43-25-13-22-37-36-20-9-12-28-46(36)52-48(37)43/h1-31H. The van der Waals surface area contributed by atoms with Crippen molar-refractivity contribution in [2.24, 2.45) is 0 Å². The van der Waals surface area contributed by atoms with Gasteiger partial charge in [-0.25, -0.2) is 0 Å². The third-order valence-corrected chi connectivity index (χ3v) is 12.2. The van der Waals surface area contributed by atoms with Crippen LogP contribution in [0.15, 0.2) is 192 Å². The molecule has 0 bridgehead atoms. The van der Waals surface area contributed by atoms with Gasteiger partial charge in [-0.2, -0.15) is 0 Å². The van der Waals surface area contributed by atoms with Crippen molar-refractivity contribution in [3.8, 4) is 11.1 Å². The molecule has 0 unspecified atom stereocenters. The first-order valence-electron chi connectivity index (χ1n) is 17.8. The van der Waals surface area contributed by atoms with Crippen molar-refractivity contribution in [3.05, 3.63) is 210 Å². The summed E-state index contributed by atoms with van der Waals surface area (Å²) >= 11 is 1.86. The molecule has 0 radical (unpaired) electrons. The van der Waals surface area contributed by atoms with Crippen molar-refractivity contribution < 1.29 is 4.42 Å². The zero-order valence-electron chi connectivity index (χ0n) is 28.2. The molecule has 2 heterocycles. The fourth-order valence-corrected chi connectivity index (χ4v) is 10.0. The molecule has 52 heavy (non-hydrogen) atoms. The zero-order valence-corrected chi connectivity index (χ0v) is 29.0. The van der Waals surface area contributed by atoms with Crippen LogP contribution in [0, 0.1) is 0 Å². The van der Waals surface area contributed by atoms with Gasteiger partial charge in [0.25, 0.3) is 0 Å². The first kappa shape index (κ1) is 29.3. The van der Waals surface area contributed by atoms with Crippen molar-refractivity contribution in [2.45, 2.75) is 5.41 Å². The van der Waals surface area contributed by atoms with Crippen LogP contribution in [0.2, 0.25) is 0 Å². The van der Waals surface area contributed by atoms with Gasteiger partial charge in [-0.05, 0) is 75.8 Å². The molecule has 2 nitrogen and oxygen atoms in total.